The summed E-state index contributed by atoms with van der Waals surface area (Å²) in [5, 5.41) is 11.6. The maximum Gasteiger partial charge on any atom is 0.412 e. The zero-order valence-corrected chi connectivity index (χ0v) is 42.0. The monoisotopic (exact) mass is 902 g/mol. The summed E-state index contributed by atoms with van der Waals surface area (Å²) in [6, 6.07) is 4.07. The lowest BCUT2D eigenvalue weighted by Crippen LogP contribution is -2.59. The third-order valence-corrected chi connectivity index (χ3v) is 12.3. The van der Waals surface area contributed by atoms with Crippen LogP contribution in [0.1, 0.15) is 114 Å². The van der Waals surface area contributed by atoms with Crippen molar-refractivity contribution in [1.29, 1.82) is 0 Å². The lowest BCUT2D eigenvalue weighted by molar-refractivity contribution is -0.148. The highest BCUT2D eigenvalue weighted by molar-refractivity contribution is 5.91. The van der Waals surface area contributed by atoms with E-state index in [2.05, 4.69) is 21.3 Å². The molecule has 1 aliphatic heterocycles. The molecule has 1 fully saturated rings. The van der Waals surface area contributed by atoms with Gasteiger partial charge in [0.05, 0.1) is 42.7 Å². The van der Waals surface area contributed by atoms with E-state index in [1.807, 2.05) is 74.4 Å². The van der Waals surface area contributed by atoms with Crippen LogP contribution in [0.4, 0.5) is 10.5 Å². The molecule has 0 radical (unpaired) electrons. The summed E-state index contributed by atoms with van der Waals surface area (Å²) in [7, 11) is 8.49. The third-order valence-electron chi connectivity index (χ3n) is 12.3. The van der Waals surface area contributed by atoms with Crippen LogP contribution in [0.3, 0.4) is 0 Å². The zero-order valence-electron chi connectivity index (χ0n) is 42.0. The Bertz CT molecular complexity index is 1670. The summed E-state index contributed by atoms with van der Waals surface area (Å²) in [5.41, 5.74) is 0.714. The van der Waals surface area contributed by atoms with Crippen molar-refractivity contribution in [2.75, 3.05) is 47.2 Å². The Morgan fingerprint density at radius 2 is 1.38 bits per heavy atom. The Morgan fingerprint density at radius 3 is 1.86 bits per heavy atom. The predicted molar refractivity (Wildman–Crippen MR) is 250 cm³/mol. The fourth-order valence-corrected chi connectivity index (χ4v) is 8.66. The largest absolute Gasteiger partial charge is 0.444 e. The molecule has 64 heavy (non-hydrogen) atoms. The molecule has 1 heterocycles. The van der Waals surface area contributed by atoms with E-state index in [9.17, 15) is 28.8 Å². The van der Waals surface area contributed by atoms with E-state index in [0.29, 0.717) is 31.5 Å². The molecular formula is C48H83N7O9. The first-order valence-electron chi connectivity index (χ1n) is 23.0. The first-order valence-corrected chi connectivity index (χ1v) is 23.0. The lowest BCUT2D eigenvalue weighted by Gasteiger charge is -2.41. The Hall–Kier alpha value is -4.28. The second kappa shape index (κ2) is 25.4. The van der Waals surface area contributed by atoms with Gasteiger partial charge >= 0.3 is 6.09 Å². The topological polar surface area (TPSA) is 188 Å². The highest BCUT2D eigenvalue weighted by atomic mass is 16.6. The summed E-state index contributed by atoms with van der Waals surface area (Å²) in [5.74, 6) is -2.54. The number of carbonyl (C=O) groups excluding carboxylic acids is 6. The van der Waals surface area contributed by atoms with Gasteiger partial charge in [0.25, 0.3) is 0 Å². The first-order chi connectivity index (χ1) is 29.8. The van der Waals surface area contributed by atoms with E-state index < -0.39 is 60.0 Å². The minimum Gasteiger partial charge on any atom is -0.444 e. The fourth-order valence-electron chi connectivity index (χ4n) is 8.66. The molecule has 1 saturated heterocycles. The molecule has 1 aliphatic rings. The summed E-state index contributed by atoms with van der Waals surface area (Å²) in [6.45, 7) is 23.3. The molecule has 9 atom stereocenters. The van der Waals surface area contributed by atoms with E-state index in [4.69, 9.17) is 14.2 Å². The lowest BCUT2D eigenvalue weighted by atomic mass is 9.89. The maximum atomic E-state index is 14.3. The molecule has 0 aliphatic carbocycles. The van der Waals surface area contributed by atoms with Crippen molar-refractivity contribution in [2.24, 2.45) is 29.6 Å². The molecule has 364 valence electrons. The minimum atomic E-state index is -0.838. The van der Waals surface area contributed by atoms with Crippen molar-refractivity contribution < 1.29 is 43.0 Å². The molecule has 4 N–H and O–H groups in total. The van der Waals surface area contributed by atoms with Gasteiger partial charge in [-0.25, -0.2) is 4.79 Å². The van der Waals surface area contributed by atoms with Crippen LogP contribution < -0.4 is 21.3 Å². The molecule has 2 rings (SSSR count). The highest BCUT2D eigenvalue weighted by Gasteiger charge is 2.43. The predicted octanol–water partition coefficient (Wildman–Crippen LogP) is 5.44. The second-order valence-electron chi connectivity index (χ2n) is 19.7. The van der Waals surface area contributed by atoms with Crippen LogP contribution in [0.2, 0.25) is 0 Å². The number of hydrogen-bond acceptors (Lipinski definition) is 10. The summed E-state index contributed by atoms with van der Waals surface area (Å²) >= 11 is 0. The van der Waals surface area contributed by atoms with Crippen molar-refractivity contribution in [3.8, 4) is 0 Å². The van der Waals surface area contributed by atoms with Gasteiger partial charge in [0.2, 0.25) is 29.5 Å². The number of ether oxygens (including phenoxy) is 3. The van der Waals surface area contributed by atoms with Gasteiger partial charge in [-0.1, -0.05) is 80.9 Å². The molecule has 1 aromatic rings. The number of benzene rings is 1. The van der Waals surface area contributed by atoms with Gasteiger partial charge in [-0.05, 0) is 89.1 Å². The Kier molecular flexibility index (Phi) is 22.2. The molecule has 16 nitrogen and oxygen atoms in total. The smallest absolute Gasteiger partial charge is 0.412 e. The van der Waals surface area contributed by atoms with Crippen molar-refractivity contribution in [3.63, 3.8) is 0 Å². The van der Waals surface area contributed by atoms with Crippen LogP contribution in [-0.2, 0) is 44.7 Å². The minimum absolute atomic E-state index is 0.00995. The van der Waals surface area contributed by atoms with E-state index in [0.717, 1.165) is 5.56 Å². The van der Waals surface area contributed by atoms with Gasteiger partial charge in [-0.2, -0.15) is 0 Å². The van der Waals surface area contributed by atoms with E-state index in [-0.39, 0.29) is 66.2 Å². The fraction of sp³-hybridized carbons (Fsp3) is 0.750. The number of amides is 6. The number of anilines is 1. The third kappa shape index (κ3) is 16.0. The van der Waals surface area contributed by atoms with E-state index >= 15 is 0 Å². The normalized spacial score (nSPS) is 18.1. The number of nitrogens with zero attached hydrogens (tertiary/aromatic N) is 3. The van der Waals surface area contributed by atoms with Crippen molar-refractivity contribution in [1.82, 2.24) is 30.7 Å². The van der Waals surface area contributed by atoms with Gasteiger partial charge in [0.15, 0.2) is 0 Å². The average molecular weight is 902 g/mol. The molecule has 6 amide bonds. The number of methoxy groups -OCH3 is 2. The van der Waals surface area contributed by atoms with Crippen molar-refractivity contribution in [3.05, 3.63) is 29.8 Å². The standard InChI is InChI=1S/C48H83N7O9/c1-18-31(8)41(54(15)46(60)39(29(4)5)52-45(59)40(30(6)7)53(13)14)36(62-16)26-37(56)55-25-19-20-35(55)42(63-17)32(9)43(57)51-38(28(2)3)44(58)49-27-33-21-23-34(24-22-33)50-47(61)64-48(10,11)12/h21-24,28-32,35-36,38-42H,18-20,25-27H2,1-17H3,(H,49,58)(H,50,61)(H,51,57)(H,52,59)/t31-,32+,35-,36+,38-,39-,40-,41-,42+/m0/s1. The molecule has 0 aromatic heterocycles. The average Bonchev–Trinajstić information content (AvgIpc) is 3.69. The van der Waals surface area contributed by atoms with Gasteiger partial charge in [-0.15, -0.1) is 0 Å². The number of carbonyl (C=O) groups is 6. The Labute approximate surface area is 384 Å². The molecule has 0 bridgehead atoms. The van der Waals surface area contributed by atoms with E-state index in [1.165, 1.54) is 7.11 Å². The Balaban J connectivity index is 2.20. The number of hydrogen-bond donors (Lipinski definition) is 4. The number of nitrogens with one attached hydrogen (secondary N) is 4. The van der Waals surface area contributed by atoms with Gasteiger partial charge in [0, 0.05) is 40.0 Å². The number of likely N-dealkylation sites (tertiary alicyclic amines) is 1. The molecule has 16 heteroatoms. The molecule has 0 saturated carbocycles. The van der Waals surface area contributed by atoms with Crippen LogP contribution in [0.15, 0.2) is 24.3 Å². The summed E-state index contributed by atoms with van der Waals surface area (Å²) in [6.07, 6.45) is 0.141. The van der Waals surface area contributed by atoms with E-state index in [1.54, 1.807) is 75.9 Å². The van der Waals surface area contributed by atoms with Crippen LogP contribution in [0, 0.1) is 29.6 Å². The van der Waals surface area contributed by atoms with Gasteiger partial charge < -0.3 is 40.0 Å². The van der Waals surface area contributed by atoms with Crippen molar-refractivity contribution >= 4 is 41.3 Å². The van der Waals surface area contributed by atoms with Gasteiger partial charge in [-0.3, -0.25) is 34.2 Å². The summed E-state index contributed by atoms with van der Waals surface area (Å²) < 4.78 is 17.3. The molecular weight excluding hydrogens is 819 g/mol. The first kappa shape index (κ1) is 55.9. The van der Waals surface area contributed by atoms with Crippen molar-refractivity contribution in [2.45, 2.75) is 163 Å². The molecule has 0 spiro atoms. The second-order valence-corrected chi connectivity index (χ2v) is 19.7. The van der Waals surface area contributed by atoms with Gasteiger partial charge in [0.1, 0.15) is 17.7 Å². The van der Waals surface area contributed by atoms with Crippen LogP contribution >= 0.6 is 0 Å². The SMILES string of the molecule is CC[C@H](C)[C@@H]([C@@H](CC(=O)N1CCC[C@H]1[C@H](OC)[C@@H](C)C(=O)N[C@H](C(=O)NCc1ccc(NC(=O)OC(C)(C)C)cc1)C(C)C)OC)N(C)C(=O)[C@@H](NC(=O)[C@H](C(C)C)N(C)C)C(C)C. The Morgan fingerprint density at radius 1 is 0.797 bits per heavy atom. The maximum absolute atomic E-state index is 14.3. The summed E-state index contributed by atoms with van der Waals surface area (Å²) in [4.78, 5) is 87.0. The molecule has 0 unspecified atom stereocenters. The number of likely N-dealkylation sites (N-methyl/N-ethyl adjacent to an activating group) is 2. The quantitative estimate of drug-likeness (QED) is 0.110. The van der Waals surface area contributed by atoms with Crippen LogP contribution in [-0.4, -0.2) is 140 Å². The van der Waals surface area contributed by atoms with Crippen LogP contribution in [0.5, 0.6) is 0 Å². The highest BCUT2D eigenvalue weighted by Crippen LogP contribution is 2.30. The molecule has 1 aromatic carbocycles. The number of rotatable bonds is 23. The zero-order chi connectivity index (χ0) is 48.8. The van der Waals surface area contributed by atoms with Crippen LogP contribution in [0.25, 0.3) is 0 Å².